The zero-order valence-corrected chi connectivity index (χ0v) is 16.8. The molecule has 1 heterocycles. The summed E-state index contributed by atoms with van der Waals surface area (Å²) in [6, 6.07) is 13.0. The van der Waals surface area contributed by atoms with Crippen molar-refractivity contribution >= 4 is 22.9 Å². The van der Waals surface area contributed by atoms with Crippen LogP contribution in [-0.4, -0.2) is 31.7 Å². The van der Waals surface area contributed by atoms with Gasteiger partial charge in [0.1, 0.15) is 10.8 Å². The van der Waals surface area contributed by atoms with Gasteiger partial charge in [0.25, 0.3) is 0 Å². The van der Waals surface area contributed by atoms with Gasteiger partial charge >= 0.3 is 0 Å². The maximum atomic E-state index is 12.4. The molecule has 0 radical (unpaired) electrons. The first kappa shape index (κ1) is 19.7. The van der Waals surface area contributed by atoms with E-state index in [2.05, 4.69) is 10.3 Å². The molecule has 1 amide bonds. The third kappa shape index (κ3) is 4.61. The second-order valence-electron chi connectivity index (χ2n) is 5.87. The molecule has 0 fully saturated rings. The van der Waals surface area contributed by atoms with Gasteiger partial charge in [0.15, 0.2) is 11.5 Å². The van der Waals surface area contributed by atoms with E-state index in [1.54, 1.807) is 14.2 Å². The Balaban J connectivity index is 1.70. The zero-order valence-electron chi connectivity index (χ0n) is 16.0. The molecule has 0 aliphatic heterocycles. The number of thiazole rings is 1. The summed E-state index contributed by atoms with van der Waals surface area (Å²) in [5.41, 5.74) is 2.28. The number of ether oxygens (including phenoxy) is 3. The standard InChI is InChI=1S/C21H22N2O4S/c1-4-27-17-8-6-5-7-16(17)23-20(24)12-15-13-28-21(22-15)14-9-10-18(25-2)19(11-14)26-3/h5-11,13H,4,12H2,1-3H3,(H,23,24). The summed E-state index contributed by atoms with van der Waals surface area (Å²) in [4.78, 5) is 17.0. The molecule has 7 heteroatoms. The van der Waals surface area contributed by atoms with Crippen LogP contribution in [0.15, 0.2) is 47.8 Å². The Morgan fingerprint density at radius 2 is 1.86 bits per heavy atom. The lowest BCUT2D eigenvalue weighted by Gasteiger charge is -2.10. The number of hydrogen-bond donors (Lipinski definition) is 1. The maximum Gasteiger partial charge on any atom is 0.230 e. The van der Waals surface area contributed by atoms with Gasteiger partial charge in [-0.1, -0.05) is 12.1 Å². The minimum atomic E-state index is -0.142. The quantitative estimate of drug-likeness (QED) is 0.609. The Morgan fingerprint density at radius 3 is 2.61 bits per heavy atom. The van der Waals surface area contributed by atoms with E-state index in [-0.39, 0.29) is 12.3 Å². The van der Waals surface area contributed by atoms with Crippen LogP contribution in [-0.2, 0) is 11.2 Å². The van der Waals surface area contributed by atoms with Gasteiger partial charge in [-0.3, -0.25) is 4.79 Å². The summed E-state index contributed by atoms with van der Waals surface area (Å²) >= 11 is 1.48. The first-order valence-corrected chi connectivity index (χ1v) is 9.71. The van der Waals surface area contributed by atoms with Crippen LogP contribution in [0.3, 0.4) is 0 Å². The fourth-order valence-corrected chi connectivity index (χ4v) is 3.52. The number of aromatic nitrogens is 1. The van der Waals surface area contributed by atoms with Crippen LogP contribution in [0.5, 0.6) is 17.2 Å². The van der Waals surface area contributed by atoms with Crippen molar-refractivity contribution < 1.29 is 19.0 Å². The van der Waals surface area contributed by atoms with Crippen molar-refractivity contribution in [2.24, 2.45) is 0 Å². The molecule has 6 nitrogen and oxygen atoms in total. The lowest BCUT2D eigenvalue weighted by Crippen LogP contribution is -2.15. The van der Waals surface area contributed by atoms with Crippen LogP contribution in [0.1, 0.15) is 12.6 Å². The van der Waals surface area contributed by atoms with Crippen molar-refractivity contribution in [1.29, 1.82) is 0 Å². The molecular weight excluding hydrogens is 376 g/mol. The lowest BCUT2D eigenvalue weighted by atomic mass is 10.2. The normalized spacial score (nSPS) is 10.4. The molecular formula is C21H22N2O4S. The number of carbonyl (C=O) groups is 1. The van der Waals surface area contributed by atoms with Crippen molar-refractivity contribution in [1.82, 2.24) is 4.98 Å². The topological polar surface area (TPSA) is 69.7 Å². The van der Waals surface area contributed by atoms with Gasteiger partial charge < -0.3 is 19.5 Å². The molecule has 28 heavy (non-hydrogen) atoms. The number of methoxy groups -OCH3 is 2. The molecule has 3 rings (SSSR count). The van der Waals surface area contributed by atoms with Gasteiger partial charge in [0.05, 0.1) is 38.6 Å². The summed E-state index contributed by atoms with van der Waals surface area (Å²) in [6.45, 7) is 2.44. The van der Waals surface area contributed by atoms with Crippen LogP contribution >= 0.6 is 11.3 Å². The van der Waals surface area contributed by atoms with Crippen LogP contribution in [0.2, 0.25) is 0 Å². The summed E-state index contributed by atoms with van der Waals surface area (Å²) in [5, 5.41) is 5.60. The number of hydrogen-bond acceptors (Lipinski definition) is 6. The first-order chi connectivity index (χ1) is 13.6. The highest BCUT2D eigenvalue weighted by Crippen LogP contribution is 2.33. The minimum Gasteiger partial charge on any atom is -0.493 e. The Morgan fingerprint density at radius 1 is 1.07 bits per heavy atom. The molecule has 0 unspecified atom stereocenters. The predicted molar refractivity (Wildman–Crippen MR) is 111 cm³/mol. The molecule has 0 saturated carbocycles. The number of benzene rings is 2. The predicted octanol–water partition coefficient (Wildman–Crippen LogP) is 4.41. The summed E-state index contributed by atoms with van der Waals surface area (Å²) < 4.78 is 16.1. The number of anilines is 1. The van der Waals surface area contributed by atoms with Gasteiger partial charge in [-0.05, 0) is 37.3 Å². The average Bonchev–Trinajstić information content (AvgIpc) is 3.17. The van der Waals surface area contributed by atoms with E-state index in [4.69, 9.17) is 14.2 Å². The Kier molecular flexibility index (Phi) is 6.49. The first-order valence-electron chi connectivity index (χ1n) is 8.83. The number of carbonyl (C=O) groups excluding carboxylic acids is 1. The Labute approximate surface area is 168 Å². The fourth-order valence-electron chi connectivity index (χ4n) is 2.70. The van der Waals surface area contributed by atoms with Gasteiger partial charge in [-0.2, -0.15) is 0 Å². The van der Waals surface area contributed by atoms with Gasteiger partial charge in [0.2, 0.25) is 5.91 Å². The molecule has 3 aromatic rings. The minimum absolute atomic E-state index is 0.142. The molecule has 1 aromatic heterocycles. The molecule has 0 spiro atoms. The van der Waals surface area contributed by atoms with E-state index < -0.39 is 0 Å². The molecule has 0 atom stereocenters. The van der Waals surface area contributed by atoms with Gasteiger partial charge in [-0.25, -0.2) is 4.98 Å². The monoisotopic (exact) mass is 398 g/mol. The zero-order chi connectivity index (χ0) is 19.9. The SMILES string of the molecule is CCOc1ccccc1NC(=O)Cc1csc(-c2ccc(OC)c(OC)c2)n1. The summed E-state index contributed by atoms with van der Waals surface area (Å²) in [6.07, 6.45) is 0.185. The van der Waals surface area contributed by atoms with E-state index in [9.17, 15) is 4.79 Å². The van der Waals surface area contributed by atoms with Gasteiger partial charge in [0, 0.05) is 10.9 Å². The molecule has 0 aliphatic rings. The van der Waals surface area contributed by atoms with Crippen molar-refractivity contribution in [2.45, 2.75) is 13.3 Å². The lowest BCUT2D eigenvalue weighted by molar-refractivity contribution is -0.115. The molecule has 2 aromatic carbocycles. The molecule has 0 saturated heterocycles. The number of para-hydroxylation sites is 2. The highest BCUT2D eigenvalue weighted by molar-refractivity contribution is 7.13. The number of nitrogens with zero attached hydrogens (tertiary/aromatic N) is 1. The largest absolute Gasteiger partial charge is 0.493 e. The number of rotatable bonds is 8. The van der Waals surface area contributed by atoms with Crippen LogP contribution in [0.4, 0.5) is 5.69 Å². The molecule has 146 valence electrons. The highest BCUT2D eigenvalue weighted by atomic mass is 32.1. The van der Waals surface area contributed by atoms with Gasteiger partial charge in [-0.15, -0.1) is 11.3 Å². The molecule has 1 N–H and O–H groups in total. The van der Waals surface area contributed by atoms with E-state index in [0.29, 0.717) is 35.2 Å². The summed E-state index contributed by atoms with van der Waals surface area (Å²) in [5.74, 6) is 1.82. The van der Waals surface area contributed by atoms with E-state index >= 15 is 0 Å². The number of amides is 1. The van der Waals surface area contributed by atoms with Crippen molar-refractivity contribution in [2.75, 3.05) is 26.1 Å². The molecule has 0 aliphatic carbocycles. The van der Waals surface area contributed by atoms with Crippen LogP contribution in [0.25, 0.3) is 10.6 Å². The second-order valence-corrected chi connectivity index (χ2v) is 6.73. The number of nitrogens with one attached hydrogen (secondary N) is 1. The van der Waals surface area contributed by atoms with E-state index in [0.717, 1.165) is 10.6 Å². The average molecular weight is 398 g/mol. The highest BCUT2D eigenvalue weighted by Gasteiger charge is 2.13. The van der Waals surface area contributed by atoms with E-state index in [1.807, 2.05) is 54.8 Å². The maximum absolute atomic E-state index is 12.4. The second kappa shape index (κ2) is 9.23. The Bertz CT molecular complexity index is 955. The van der Waals surface area contributed by atoms with Crippen molar-refractivity contribution in [3.8, 4) is 27.8 Å². The van der Waals surface area contributed by atoms with Crippen LogP contribution < -0.4 is 19.5 Å². The fraction of sp³-hybridized carbons (Fsp3) is 0.238. The van der Waals surface area contributed by atoms with Crippen molar-refractivity contribution in [3.63, 3.8) is 0 Å². The third-order valence-electron chi connectivity index (χ3n) is 3.98. The van der Waals surface area contributed by atoms with E-state index in [1.165, 1.54) is 11.3 Å². The summed E-state index contributed by atoms with van der Waals surface area (Å²) in [7, 11) is 3.20. The van der Waals surface area contributed by atoms with Crippen molar-refractivity contribution in [3.05, 3.63) is 53.5 Å². The molecule has 0 bridgehead atoms. The Hall–Kier alpha value is -3.06. The third-order valence-corrected chi connectivity index (χ3v) is 4.93. The van der Waals surface area contributed by atoms with Crippen LogP contribution in [0, 0.1) is 0 Å². The smallest absolute Gasteiger partial charge is 0.230 e.